The monoisotopic (exact) mass is 257 g/mol. The zero-order valence-corrected chi connectivity index (χ0v) is 11.2. The number of pyridine rings is 1. The topological polar surface area (TPSA) is 64.8 Å². The molecule has 5 heteroatoms. The smallest absolute Gasteiger partial charge is 0.174 e. The average molecular weight is 257 g/mol. The highest BCUT2D eigenvalue weighted by atomic mass is 16.1. The first kappa shape index (κ1) is 13.1. The molecule has 0 fully saturated rings. The summed E-state index contributed by atoms with van der Waals surface area (Å²) in [6.07, 6.45) is 2.91. The van der Waals surface area contributed by atoms with Crippen molar-refractivity contribution in [3.8, 4) is 0 Å². The summed E-state index contributed by atoms with van der Waals surface area (Å²) >= 11 is 0. The molecular weight excluding hydrogens is 242 g/mol. The molecule has 2 heterocycles. The van der Waals surface area contributed by atoms with Gasteiger partial charge >= 0.3 is 0 Å². The summed E-state index contributed by atoms with van der Waals surface area (Å²) in [7, 11) is 1.78. The highest BCUT2D eigenvalue weighted by Gasteiger charge is 2.20. The quantitative estimate of drug-likeness (QED) is 0.619. The number of hydrogen-bond acceptors (Lipinski definition) is 4. The maximum atomic E-state index is 12.2. The molecule has 0 radical (unpaired) electrons. The van der Waals surface area contributed by atoms with E-state index in [2.05, 4.69) is 10.1 Å². The fourth-order valence-corrected chi connectivity index (χ4v) is 2.04. The second-order valence-electron chi connectivity index (χ2n) is 4.43. The number of aryl methyl sites for hydroxylation is 2. The third-order valence-corrected chi connectivity index (χ3v) is 3.09. The van der Waals surface area contributed by atoms with Crippen molar-refractivity contribution in [3.63, 3.8) is 0 Å². The number of ketones is 2. The second-order valence-corrected chi connectivity index (χ2v) is 4.43. The summed E-state index contributed by atoms with van der Waals surface area (Å²) in [5, 5.41) is 4.18. The summed E-state index contributed by atoms with van der Waals surface area (Å²) in [5.74, 6) is -0.419. The lowest BCUT2D eigenvalue weighted by Gasteiger charge is -2.01. The average Bonchev–Trinajstić information content (AvgIpc) is 2.64. The molecule has 0 aliphatic carbocycles. The number of Topliss-reactive ketones (excluding diaryl/α,β-unsaturated/α-hetero) is 2. The third-order valence-electron chi connectivity index (χ3n) is 3.09. The van der Waals surface area contributed by atoms with E-state index in [0.29, 0.717) is 16.8 Å². The minimum absolute atomic E-state index is 0.154. The van der Waals surface area contributed by atoms with Crippen molar-refractivity contribution in [1.82, 2.24) is 14.8 Å². The third kappa shape index (κ3) is 2.59. The van der Waals surface area contributed by atoms with Gasteiger partial charge < -0.3 is 0 Å². The molecule has 0 bridgehead atoms. The van der Waals surface area contributed by atoms with Crippen LogP contribution in [-0.4, -0.2) is 26.3 Å². The molecule has 2 aromatic heterocycles. The number of rotatable bonds is 4. The fraction of sp³-hybridized carbons (Fsp3) is 0.286. The van der Waals surface area contributed by atoms with Crippen molar-refractivity contribution in [1.29, 1.82) is 0 Å². The Bertz CT molecular complexity index is 630. The van der Waals surface area contributed by atoms with Crippen molar-refractivity contribution >= 4 is 11.6 Å². The van der Waals surface area contributed by atoms with E-state index in [4.69, 9.17) is 0 Å². The molecule has 5 nitrogen and oxygen atoms in total. The largest absolute Gasteiger partial charge is 0.294 e. The number of hydrogen-bond donors (Lipinski definition) is 0. The van der Waals surface area contributed by atoms with Crippen LogP contribution in [0.25, 0.3) is 0 Å². The van der Waals surface area contributed by atoms with Gasteiger partial charge in [-0.25, -0.2) is 0 Å². The molecule has 98 valence electrons. The zero-order chi connectivity index (χ0) is 14.0. The van der Waals surface area contributed by atoms with Gasteiger partial charge in [-0.2, -0.15) is 5.10 Å². The highest BCUT2D eigenvalue weighted by molar-refractivity contribution is 6.14. The first-order valence-corrected chi connectivity index (χ1v) is 5.97. The van der Waals surface area contributed by atoms with Gasteiger partial charge in [0.2, 0.25) is 0 Å². The zero-order valence-electron chi connectivity index (χ0n) is 11.2. The van der Waals surface area contributed by atoms with Crippen LogP contribution >= 0.6 is 0 Å². The van der Waals surface area contributed by atoms with Crippen LogP contribution in [-0.2, 0) is 7.05 Å². The van der Waals surface area contributed by atoms with Crippen LogP contribution in [0.1, 0.15) is 38.5 Å². The minimum atomic E-state index is -0.222. The lowest BCUT2D eigenvalue weighted by Crippen LogP contribution is -2.10. The predicted molar refractivity (Wildman–Crippen MR) is 70.2 cm³/mol. The maximum absolute atomic E-state index is 12.2. The molecule has 2 rings (SSSR count). The molecule has 0 aliphatic rings. The Labute approximate surface area is 111 Å². The molecule has 0 unspecified atom stereocenters. The Hall–Kier alpha value is -2.30. The molecule has 0 amide bonds. The van der Waals surface area contributed by atoms with Crippen LogP contribution in [0.3, 0.4) is 0 Å². The van der Waals surface area contributed by atoms with Crippen LogP contribution in [0, 0.1) is 13.8 Å². The van der Waals surface area contributed by atoms with E-state index in [1.807, 2.05) is 6.92 Å². The van der Waals surface area contributed by atoms with Crippen LogP contribution < -0.4 is 0 Å². The molecule has 0 spiro atoms. The Kier molecular flexibility index (Phi) is 3.55. The molecule has 0 N–H and O–H groups in total. The van der Waals surface area contributed by atoms with Crippen molar-refractivity contribution < 1.29 is 9.59 Å². The summed E-state index contributed by atoms with van der Waals surface area (Å²) in [5.41, 5.74) is 2.43. The van der Waals surface area contributed by atoms with Gasteiger partial charge in [0, 0.05) is 30.7 Å². The number of aromatic nitrogens is 3. The lowest BCUT2D eigenvalue weighted by atomic mass is 10.0. The van der Waals surface area contributed by atoms with Crippen molar-refractivity contribution in [3.05, 3.63) is 47.0 Å². The van der Waals surface area contributed by atoms with Gasteiger partial charge in [-0.15, -0.1) is 0 Å². The van der Waals surface area contributed by atoms with E-state index in [1.54, 1.807) is 37.0 Å². The van der Waals surface area contributed by atoms with Crippen LogP contribution in [0.5, 0.6) is 0 Å². The molecule has 0 atom stereocenters. The molecule has 0 saturated heterocycles. The fourth-order valence-electron chi connectivity index (χ4n) is 2.04. The van der Waals surface area contributed by atoms with Crippen molar-refractivity contribution in [2.45, 2.75) is 20.3 Å². The minimum Gasteiger partial charge on any atom is -0.294 e. The molecule has 0 aliphatic heterocycles. The van der Waals surface area contributed by atoms with E-state index in [9.17, 15) is 9.59 Å². The van der Waals surface area contributed by atoms with E-state index >= 15 is 0 Å². The maximum Gasteiger partial charge on any atom is 0.174 e. The van der Waals surface area contributed by atoms with Crippen LogP contribution in [0.2, 0.25) is 0 Å². The normalized spacial score (nSPS) is 10.5. The van der Waals surface area contributed by atoms with Gasteiger partial charge in [0.15, 0.2) is 11.6 Å². The van der Waals surface area contributed by atoms with E-state index in [-0.39, 0.29) is 18.0 Å². The number of carbonyl (C=O) groups is 2. The second kappa shape index (κ2) is 5.14. The van der Waals surface area contributed by atoms with Gasteiger partial charge in [-0.05, 0) is 26.0 Å². The highest BCUT2D eigenvalue weighted by Crippen LogP contribution is 2.15. The lowest BCUT2D eigenvalue weighted by molar-refractivity contribution is 0.0893. The standard InChI is InChI=1S/C14H15N3O2/c1-9-14(10(2)17(3)16-9)13(19)7-12(18)11-5-4-6-15-8-11/h4-6,8H,7H2,1-3H3. The number of nitrogens with zero attached hydrogens (tertiary/aromatic N) is 3. The Morgan fingerprint density at radius 3 is 2.53 bits per heavy atom. The SMILES string of the molecule is Cc1nn(C)c(C)c1C(=O)CC(=O)c1cccnc1. The van der Waals surface area contributed by atoms with Gasteiger partial charge in [-0.1, -0.05) is 0 Å². The van der Waals surface area contributed by atoms with Crippen molar-refractivity contribution in [2.75, 3.05) is 0 Å². The number of carbonyl (C=O) groups excluding carboxylic acids is 2. The summed E-state index contributed by atoms with van der Waals surface area (Å²) in [6, 6.07) is 3.34. The van der Waals surface area contributed by atoms with E-state index < -0.39 is 0 Å². The first-order valence-electron chi connectivity index (χ1n) is 5.97. The van der Waals surface area contributed by atoms with Gasteiger partial charge in [-0.3, -0.25) is 19.3 Å². The predicted octanol–water partition coefficient (Wildman–Crippen LogP) is 1.89. The summed E-state index contributed by atoms with van der Waals surface area (Å²) in [6.45, 7) is 3.59. The van der Waals surface area contributed by atoms with Gasteiger partial charge in [0.1, 0.15) is 0 Å². The molecule has 19 heavy (non-hydrogen) atoms. The Morgan fingerprint density at radius 1 is 1.26 bits per heavy atom. The van der Waals surface area contributed by atoms with E-state index in [1.165, 1.54) is 6.20 Å². The van der Waals surface area contributed by atoms with Crippen molar-refractivity contribution in [2.24, 2.45) is 7.05 Å². The summed E-state index contributed by atoms with van der Waals surface area (Å²) < 4.78 is 1.65. The Morgan fingerprint density at radius 2 is 2.00 bits per heavy atom. The van der Waals surface area contributed by atoms with Crippen LogP contribution in [0.15, 0.2) is 24.5 Å². The molecular formula is C14H15N3O2. The Balaban J connectivity index is 2.20. The molecule has 2 aromatic rings. The van der Waals surface area contributed by atoms with Gasteiger partial charge in [0.05, 0.1) is 17.7 Å². The molecule has 0 saturated carbocycles. The van der Waals surface area contributed by atoms with Crippen LogP contribution in [0.4, 0.5) is 0 Å². The first-order chi connectivity index (χ1) is 9.00. The van der Waals surface area contributed by atoms with E-state index in [0.717, 1.165) is 5.69 Å². The molecule has 0 aromatic carbocycles. The van der Waals surface area contributed by atoms with Gasteiger partial charge in [0.25, 0.3) is 0 Å². The summed E-state index contributed by atoms with van der Waals surface area (Å²) in [4.78, 5) is 28.0.